The second-order valence-corrected chi connectivity index (χ2v) is 8.18. The largest absolute Gasteiger partial charge is 0.383 e. The predicted molar refractivity (Wildman–Crippen MR) is 127 cm³/mol. The van der Waals surface area contributed by atoms with Crippen molar-refractivity contribution < 1.29 is 13.5 Å². The lowest BCUT2D eigenvalue weighted by Crippen LogP contribution is -2.47. The van der Waals surface area contributed by atoms with Crippen molar-refractivity contribution >= 4 is 22.8 Å². The first-order valence-electron chi connectivity index (χ1n) is 11.1. The van der Waals surface area contributed by atoms with Gasteiger partial charge < -0.3 is 15.4 Å². The number of aromatic nitrogens is 4. The van der Waals surface area contributed by atoms with Crippen LogP contribution < -0.4 is 10.6 Å². The molecule has 0 saturated carbocycles. The molecule has 0 amide bonds. The molecular weight excluding hydrogens is 440 g/mol. The monoisotopic (exact) mass is 465 g/mol. The van der Waals surface area contributed by atoms with E-state index in [4.69, 9.17) is 20.4 Å². The Bertz CT molecular complexity index is 1300. The number of nitrogens with zero attached hydrogens (tertiary/aromatic N) is 6. The van der Waals surface area contributed by atoms with Crippen LogP contribution in [0.2, 0.25) is 0 Å². The van der Waals surface area contributed by atoms with Crippen molar-refractivity contribution in [3.05, 3.63) is 60.2 Å². The van der Waals surface area contributed by atoms with Gasteiger partial charge in [0.1, 0.15) is 17.5 Å². The van der Waals surface area contributed by atoms with Crippen molar-refractivity contribution in [3.8, 4) is 16.9 Å². The van der Waals surface area contributed by atoms with Gasteiger partial charge in [-0.2, -0.15) is 4.98 Å². The van der Waals surface area contributed by atoms with Crippen molar-refractivity contribution in [2.45, 2.75) is 0 Å². The van der Waals surface area contributed by atoms with E-state index in [9.17, 15) is 8.78 Å². The molecule has 176 valence electrons. The first-order chi connectivity index (χ1) is 16.5. The van der Waals surface area contributed by atoms with E-state index >= 15 is 0 Å². The van der Waals surface area contributed by atoms with Crippen LogP contribution in [-0.4, -0.2) is 71.1 Å². The molecular formula is C24H25F2N7O. The molecule has 10 heteroatoms. The zero-order valence-corrected chi connectivity index (χ0v) is 18.8. The lowest BCUT2D eigenvalue weighted by Gasteiger charge is -2.34. The van der Waals surface area contributed by atoms with Gasteiger partial charge in [-0.3, -0.25) is 4.90 Å². The minimum Gasteiger partial charge on any atom is -0.383 e. The number of methoxy groups -OCH3 is 1. The lowest BCUT2D eigenvalue weighted by molar-refractivity contribution is 0.144. The number of ether oxygens (including phenoxy) is 1. The van der Waals surface area contributed by atoms with Crippen molar-refractivity contribution in [1.82, 2.24) is 24.6 Å². The summed E-state index contributed by atoms with van der Waals surface area (Å²) in [5, 5.41) is 5.13. The second kappa shape index (κ2) is 9.32. The molecule has 4 aromatic rings. The quantitative estimate of drug-likeness (QED) is 0.468. The van der Waals surface area contributed by atoms with Crippen LogP contribution >= 0.6 is 0 Å². The first-order valence-corrected chi connectivity index (χ1v) is 11.1. The third kappa shape index (κ3) is 4.29. The molecule has 0 atom stereocenters. The summed E-state index contributed by atoms with van der Waals surface area (Å²) in [7, 11) is 1.70. The maximum absolute atomic E-state index is 14.1. The maximum Gasteiger partial charge on any atom is 0.228 e. The molecule has 1 fully saturated rings. The summed E-state index contributed by atoms with van der Waals surface area (Å²) < 4.78 is 34.2. The number of anilines is 2. The molecule has 2 N–H and O–H groups in total. The summed E-state index contributed by atoms with van der Waals surface area (Å²) >= 11 is 0. The minimum atomic E-state index is -0.373. The van der Waals surface area contributed by atoms with E-state index in [0.29, 0.717) is 46.4 Å². The fourth-order valence-corrected chi connectivity index (χ4v) is 4.16. The van der Waals surface area contributed by atoms with E-state index in [1.54, 1.807) is 31.4 Å². The molecule has 8 nitrogen and oxygen atoms in total. The number of hydrogen-bond acceptors (Lipinski definition) is 7. The summed E-state index contributed by atoms with van der Waals surface area (Å²) in [5.41, 5.74) is 8.56. The molecule has 3 heterocycles. The SMILES string of the molecule is COCCN1CCN(c2nc(-c3cccc(F)c3)c3c(N)n(-c4ccc(F)cc4)nc3n2)CC1. The number of halogens is 2. The van der Waals surface area contributed by atoms with Crippen molar-refractivity contribution in [2.75, 3.05) is 57.1 Å². The summed E-state index contributed by atoms with van der Waals surface area (Å²) in [6.45, 7) is 4.75. The van der Waals surface area contributed by atoms with Gasteiger partial charge in [-0.15, -0.1) is 5.10 Å². The van der Waals surface area contributed by atoms with Gasteiger partial charge in [0.25, 0.3) is 0 Å². The summed E-state index contributed by atoms with van der Waals surface area (Å²) in [4.78, 5) is 14.0. The highest BCUT2D eigenvalue weighted by molar-refractivity contribution is 5.99. The number of rotatable bonds is 6. The molecule has 2 aromatic carbocycles. The number of fused-ring (bicyclic) bond motifs is 1. The Labute approximate surface area is 195 Å². The average Bonchev–Trinajstić information content (AvgIpc) is 3.19. The van der Waals surface area contributed by atoms with Crippen LogP contribution in [0.5, 0.6) is 0 Å². The van der Waals surface area contributed by atoms with Crippen LogP contribution in [0.25, 0.3) is 28.0 Å². The molecule has 0 spiro atoms. The summed E-state index contributed by atoms with van der Waals surface area (Å²) in [6.07, 6.45) is 0. The van der Waals surface area contributed by atoms with E-state index in [0.717, 1.165) is 32.7 Å². The lowest BCUT2D eigenvalue weighted by atomic mass is 10.1. The zero-order valence-electron chi connectivity index (χ0n) is 18.8. The number of nitrogen functional groups attached to an aromatic ring is 1. The maximum atomic E-state index is 14.1. The van der Waals surface area contributed by atoms with Crippen molar-refractivity contribution in [3.63, 3.8) is 0 Å². The molecule has 0 radical (unpaired) electrons. The van der Waals surface area contributed by atoms with Crippen molar-refractivity contribution in [2.24, 2.45) is 0 Å². The van der Waals surface area contributed by atoms with Gasteiger partial charge in [0.15, 0.2) is 5.65 Å². The van der Waals surface area contributed by atoms with Crippen LogP contribution in [0.3, 0.4) is 0 Å². The van der Waals surface area contributed by atoms with Gasteiger partial charge in [0, 0.05) is 45.4 Å². The Morgan fingerprint density at radius 2 is 1.74 bits per heavy atom. The Hall–Kier alpha value is -3.63. The fourth-order valence-electron chi connectivity index (χ4n) is 4.16. The van der Waals surface area contributed by atoms with Gasteiger partial charge >= 0.3 is 0 Å². The highest BCUT2D eigenvalue weighted by atomic mass is 19.1. The smallest absolute Gasteiger partial charge is 0.228 e. The third-order valence-electron chi connectivity index (χ3n) is 5.99. The van der Waals surface area contributed by atoms with E-state index in [2.05, 4.69) is 14.9 Å². The molecule has 5 rings (SSSR count). The average molecular weight is 466 g/mol. The molecule has 34 heavy (non-hydrogen) atoms. The van der Waals surface area contributed by atoms with Crippen LogP contribution in [0, 0.1) is 11.6 Å². The van der Waals surface area contributed by atoms with Gasteiger partial charge in [0.05, 0.1) is 23.4 Å². The summed E-state index contributed by atoms with van der Waals surface area (Å²) in [6, 6.07) is 12.1. The molecule has 1 aliphatic rings. The molecule has 2 aromatic heterocycles. The predicted octanol–water partition coefficient (Wildman–Crippen LogP) is 3.11. The normalized spacial score (nSPS) is 14.7. The fraction of sp³-hybridized carbons (Fsp3) is 0.292. The van der Waals surface area contributed by atoms with Gasteiger partial charge in [-0.1, -0.05) is 12.1 Å². The van der Waals surface area contributed by atoms with Crippen LogP contribution in [0.15, 0.2) is 48.5 Å². The Kier molecular flexibility index (Phi) is 6.08. The highest BCUT2D eigenvalue weighted by Crippen LogP contribution is 2.34. The minimum absolute atomic E-state index is 0.303. The standard InChI is InChI=1S/C24H25F2N7O/c1-34-14-13-31-9-11-32(12-10-31)24-28-21(16-3-2-4-18(26)15-16)20-22(27)33(30-23(20)29-24)19-7-5-17(25)6-8-19/h2-8,15H,9-14,27H2,1H3. The molecule has 0 aliphatic carbocycles. The first kappa shape index (κ1) is 22.2. The molecule has 0 unspecified atom stereocenters. The van der Waals surface area contributed by atoms with Gasteiger partial charge in [-0.05, 0) is 36.4 Å². The van der Waals surface area contributed by atoms with E-state index in [1.165, 1.54) is 28.9 Å². The zero-order chi connectivity index (χ0) is 23.7. The van der Waals surface area contributed by atoms with Gasteiger partial charge in [0.2, 0.25) is 5.95 Å². The molecule has 1 aliphatic heterocycles. The van der Waals surface area contributed by atoms with Crippen LogP contribution in [0.1, 0.15) is 0 Å². The van der Waals surface area contributed by atoms with Crippen LogP contribution in [0.4, 0.5) is 20.5 Å². The highest BCUT2D eigenvalue weighted by Gasteiger charge is 2.24. The second-order valence-electron chi connectivity index (χ2n) is 8.18. The number of nitrogens with two attached hydrogens (primary N) is 1. The van der Waals surface area contributed by atoms with E-state index < -0.39 is 0 Å². The Morgan fingerprint density at radius 1 is 0.971 bits per heavy atom. The summed E-state index contributed by atoms with van der Waals surface area (Å²) in [5.74, 6) is 0.0898. The molecule has 0 bridgehead atoms. The van der Waals surface area contributed by atoms with Crippen molar-refractivity contribution in [1.29, 1.82) is 0 Å². The Morgan fingerprint density at radius 3 is 2.44 bits per heavy atom. The van der Waals surface area contributed by atoms with Gasteiger partial charge in [-0.25, -0.2) is 18.4 Å². The Balaban J connectivity index is 1.59. The number of piperazine rings is 1. The molecule has 1 saturated heterocycles. The number of hydrogen-bond donors (Lipinski definition) is 1. The van der Waals surface area contributed by atoms with E-state index in [1.807, 2.05) is 0 Å². The van der Waals surface area contributed by atoms with E-state index in [-0.39, 0.29) is 11.6 Å². The number of benzene rings is 2. The topological polar surface area (TPSA) is 85.3 Å². The third-order valence-corrected chi connectivity index (χ3v) is 5.99. The van der Waals surface area contributed by atoms with Crippen LogP contribution in [-0.2, 0) is 4.74 Å².